The van der Waals surface area contributed by atoms with Gasteiger partial charge < -0.3 is 9.84 Å². The lowest BCUT2D eigenvalue weighted by molar-refractivity contribution is -0.148. The smallest absolute Gasteiger partial charge is 0.308 e. The average molecular weight is 236 g/mol. The van der Waals surface area contributed by atoms with Gasteiger partial charge in [-0.15, -0.1) is 0 Å². The highest BCUT2D eigenvalue weighted by molar-refractivity contribution is 5.71. The van der Waals surface area contributed by atoms with Crippen LogP contribution in [-0.2, 0) is 16.0 Å². The second-order valence-electron chi connectivity index (χ2n) is 4.27. The van der Waals surface area contributed by atoms with Gasteiger partial charge in [0, 0.05) is 0 Å². The predicted octanol–water partition coefficient (Wildman–Crippen LogP) is 2.91. The van der Waals surface area contributed by atoms with Gasteiger partial charge in [-0.3, -0.25) is 4.79 Å². The number of hydrogen-bond donors (Lipinski definition) is 1. The standard InChI is InChI=1S/C14H20O3/c1-3-10-17-14(16)11(2)4-5-12-6-8-13(15)9-7-12/h6-9,11,15H,3-5,10H2,1-2H3. The Labute approximate surface area is 102 Å². The molecule has 94 valence electrons. The molecule has 0 heterocycles. The molecule has 0 bridgehead atoms. The summed E-state index contributed by atoms with van der Waals surface area (Å²) in [7, 11) is 0. The Kier molecular flexibility index (Phi) is 5.53. The van der Waals surface area contributed by atoms with Crippen molar-refractivity contribution in [2.45, 2.75) is 33.1 Å². The van der Waals surface area contributed by atoms with E-state index in [1.807, 2.05) is 26.0 Å². The maximum atomic E-state index is 11.5. The normalized spacial score (nSPS) is 12.1. The Hall–Kier alpha value is -1.51. The molecule has 1 rings (SSSR count). The van der Waals surface area contributed by atoms with Gasteiger partial charge in [0.2, 0.25) is 0 Å². The van der Waals surface area contributed by atoms with E-state index in [2.05, 4.69) is 0 Å². The van der Waals surface area contributed by atoms with Crippen molar-refractivity contribution in [1.29, 1.82) is 0 Å². The largest absolute Gasteiger partial charge is 0.508 e. The van der Waals surface area contributed by atoms with Crippen LogP contribution >= 0.6 is 0 Å². The van der Waals surface area contributed by atoms with Crippen LogP contribution < -0.4 is 0 Å². The van der Waals surface area contributed by atoms with Crippen molar-refractivity contribution in [3.05, 3.63) is 29.8 Å². The van der Waals surface area contributed by atoms with Crippen LogP contribution in [0.2, 0.25) is 0 Å². The van der Waals surface area contributed by atoms with Gasteiger partial charge in [0.05, 0.1) is 12.5 Å². The molecule has 0 aliphatic carbocycles. The highest BCUT2D eigenvalue weighted by atomic mass is 16.5. The van der Waals surface area contributed by atoms with Gasteiger partial charge in [0.15, 0.2) is 0 Å². The lowest BCUT2D eigenvalue weighted by Gasteiger charge is -2.10. The average Bonchev–Trinajstić information content (AvgIpc) is 2.34. The van der Waals surface area contributed by atoms with Crippen molar-refractivity contribution in [1.82, 2.24) is 0 Å². The summed E-state index contributed by atoms with van der Waals surface area (Å²) in [6.45, 7) is 4.37. The van der Waals surface area contributed by atoms with E-state index in [0.717, 1.165) is 24.8 Å². The first-order valence-corrected chi connectivity index (χ1v) is 6.08. The number of phenols is 1. The van der Waals surface area contributed by atoms with E-state index >= 15 is 0 Å². The molecule has 1 aromatic carbocycles. The fraction of sp³-hybridized carbons (Fsp3) is 0.500. The Morgan fingerprint density at radius 3 is 2.59 bits per heavy atom. The highest BCUT2D eigenvalue weighted by Gasteiger charge is 2.13. The molecule has 0 saturated carbocycles. The third-order valence-corrected chi connectivity index (χ3v) is 2.65. The molecule has 1 N–H and O–H groups in total. The SMILES string of the molecule is CCCOC(=O)C(C)CCc1ccc(O)cc1. The van der Waals surface area contributed by atoms with Gasteiger partial charge in [-0.25, -0.2) is 0 Å². The zero-order valence-electron chi connectivity index (χ0n) is 10.5. The van der Waals surface area contributed by atoms with Crippen LogP contribution in [0.1, 0.15) is 32.3 Å². The summed E-state index contributed by atoms with van der Waals surface area (Å²) in [5.41, 5.74) is 1.12. The first-order valence-electron chi connectivity index (χ1n) is 6.08. The molecule has 1 atom stereocenters. The van der Waals surface area contributed by atoms with Crippen molar-refractivity contribution in [3.63, 3.8) is 0 Å². The number of rotatable bonds is 6. The predicted molar refractivity (Wildman–Crippen MR) is 66.8 cm³/mol. The van der Waals surface area contributed by atoms with E-state index in [0.29, 0.717) is 6.61 Å². The lowest BCUT2D eigenvalue weighted by atomic mass is 10.0. The third-order valence-electron chi connectivity index (χ3n) is 2.65. The molecule has 3 nitrogen and oxygen atoms in total. The van der Waals surface area contributed by atoms with Gasteiger partial charge in [0.1, 0.15) is 5.75 Å². The molecule has 1 aromatic rings. The molecule has 1 unspecified atom stereocenters. The second-order valence-corrected chi connectivity index (χ2v) is 4.27. The number of benzene rings is 1. The summed E-state index contributed by atoms with van der Waals surface area (Å²) in [5, 5.41) is 9.15. The monoisotopic (exact) mass is 236 g/mol. The molecular weight excluding hydrogens is 216 g/mol. The van der Waals surface area contributed by atoms with Crippen molar-refractivity contribution in [3.8, 4) is 5.75 Å². The van der Waals surface area contributed by atoms with E-state index < -0.39 is 0 Å². The highest BCUT2D eigenvalue weighted by Crippen LogP contribution is 2.14. The zero-order valence-corrected chi connectivity index (χ0v) is 10.5. The molecule has 0 aliphatic rings. The Morgan fingerprint density at radius 1 is 1.35 bits per heavy atom. The minimum atomic E-state index is -0.120. The molecule has 0 fully saturated rings. The van der Waals surface area contributed by atoms with Crippen LogP contribution in [0.25, 0.3) is 0 Å². The summed E-state index contributed by atoms with van der Waals surface area (Å²) in [4.78, 5) is 11.5. The number of carbonyl (C=O) groups excluding carboxylic acids is 1. The Balaban J connectivity index is 2.34. The van der Waals surface area contributed by atoms with Gasteiger partial charge in [-0.05, 0) is 37.0 Å². The second kappa shape index (κ2) is 6.94. The number of aromatic hydroxyl groups is 1. The fourth-order valence-corrected chi connectivity index (χ4v) is 1.51. The quantitative estimate of drug-likeness (QED) is 0.772. The summed E-state index contributed by atoms with van der Waals surface area (Å²) in [6, 6.07) is 7.07. The molecular formula is C14H20O3. The van der Waals surface area contributed by atoms with Crippen LogP contribution in [0.15, 0.2) is 24.3 Å². The van der Waals surface area contributed by atoms with Crippen molar-refractivity contribution >= 4 is 5.97 Å². The van der Waals surface area contributed by atoms with Gasteiger partial charge in [-0.1, -0.05) is 26.0 Å². The Morgan fingerprint density at radius 2 is 2.00 bits per heavy atom. The zero-order chi connectivity index (χ0) is 12.7. The molecule has 17 heavy (non-hydrogen) atoms. The van der Waals surface area contributed by atoms with Gasteiger partial charge >= 0.3 is 5.97 Å². The Bertz CT molecular complexity index is 343. The van der Waals surface area contributed by atoms with E-state index in [4.69, 9.17) is 9.84 Å². The van der Waals surface area contributed by atoms with E-state index in [1.165, 1.54) is 0 Å². The molecule has 0 radical (unpaired) electrons. The number of hydrogen-bond acceptors (Lipinski definition) is 3. The summed E-state index contributed by atoms with van der Waals surface area (Å²) in [5.74, 6) is 0.0742. The van der Waals surface area contributed by atoms with Crippen LogP contribution in [-0.4, -0.2) is 17.7 Å². The van der Waals surface area contributed by atoms with E-state index in [9.17, 15) is 4.79 Å². The number of ether oxygens (including phenoxy) is 1. The van der Waals surface area contributed by atoms with E-state index in [1.54, 1.807) is 12.1 Å². The maximum Gasteiger partial charge on any atom is 0.308 e. The topological polar surface area (TPSA) is 46.5 Å². The van der Waals surface area contributed by atoms with Crippen LogP contribution in [0, 0.1) is 5.92 Å². The number of phenolic OH excluding ortho intramolecular Hbond substituents is 1. The maximum absolute atomic E-state index is 11.5. The molecule has 0 amide bonds. The number of carbonyl (C=O) groups is 1. The van der Waals surface area contributed by atoms with Gasteiger partial charge in [-0.2, -0.15) is 0 Å². The van der Waals surface area contributed by atoms with Crippen LogP contribution in [0.4, 0.5) is 0 Å². The van der Waals surface area contributed by atoms with Crippen molar-refractivity contribution < 1.29 is 14.6 Å². The van der Waals surface area contributed by atoms with Gasteiger partial charge in [0.25, 0.3) is 0 Å². The third kappa shape index (κ3) is 4.89. The minimum Gasteiger partial charge on any atom is -0.508 e. The lowest BCUT2D eigenvalue weighted by Crippen LogP contribution is -2.15. The number of esters is 1. The summed E-state index contributed by atoms with van der Waals surface area (Å²) in [6.07, 6.45) is 2.45. The van der Waals surface area contributed by atoms with Crippen molar-refractivity contribution in [2.24, 2.45) is 5.92 Å². The van der Waals surface area contributed by atoms with Crippen LogP contribution in [0.3, 0.4) is 0 Å². The summed E-state index contributed by atoms with van der Waals surface area (Å²) >= 11 is 0. The molecule has 0 spiro atoms. The van der Waals surface area contributed by atoms with Crippen molar-refractivity contribution in [2.75, 3.05) is 6.61 Å². The van der Waals surface area contributed by atoms with Crippen LogP contribution in [0.5, 0.6) is 5.75 Å². The molecule has 0 aliphatic heterocycles. The molecule has 0 saturated heterocycles. The first kappa shape index (κ1) is 13.6. The van der Waals surface area contributed by atoms with E-state index in [-0.39, 0.29) is 17.6 Å². The fourth-order valence-electron chi connectivity index (χ4n) is 1.51. The molecule has 0 aromatic heterocycles. The summed E-state index contributed by atoms with van der Waals surface area (Å²) < 4.78 is 5.08. The molecule has 3 heteroatoms. The first-order chi connectivity index (χ1) is 8.13. The number of aryl methyl sites for hydroxylation is 1. The minimum absolute atomic E-state index is 0.0737.